The molecule has 0 bridgehead atoms. The number of halogens is 3. The quantitative estimate of drug-likeness (QED) is 0.779. The van der Waals surface area contributed by atoms with Crippen molar-refractivity contribution >= 4 is 17.7 Å². The normalized spacial score (nSPS) is 19.6. The molecule has 0 aromatic heterocycles. The molecule has 1 heterocycles. The van der Waals surface area contributed by atoms with Crippen LogP contribution in [0, 0.1) is 0 Å². The Kier molecular flexibility index (Phi) is 5.56. The molecule has 1 fully saturated rings. The van der Waals surface area contributed by atoms with Crippen molar-refractivity contribution in [1.82, 2.24) is 4.90 Å². The number of likely N-dealkylation sites (tertiary alicyclic amines) is 1. The average molecular weight is 317 g/mol. The maximum atomic E-state index is 12.9. The van der Waals surface area contributed by atoms with Crippen LogP contribution in [0.15, 0.2) is 35.2 Å². The van der Waals surface area contributed by atoms with Crippen LogP contribution in [-0.4, -0.2) is 35.3 Å². The molecule has 0 radical (unpaired) electrons. The lowest BCUT2D eigenvalue weighted by atomic mass is 10.0. The van der Waals surface area contributed by atoms with E-state index in [0.717, 1.165) is 9.80 Å². The second kappa shape index (κ2) is 7.20. The molecule has 0 spiro atoms. The summed E-state index contributed by atoms with van der Waals surface area (Å²) in [5.41, 5.74) is 0. The Labute approximate surface area is 126 Å². The topological polar surface area (TPSA) is 20.3 Å². The fourth-order valence-corrected chi connectivity index (χ4v) is 3.35. The maximum absolute atomic E-state index is 12.9. The zero-order valence-electron chi connectivity index (χ0n) is 11.6. The first-order valence-corrected chi connectivity index (χ1v) is 8.01. The van der Waals surface area contributed by atoms with E-state index in [0.29, 0.717) is 18.6 Å². The Balaban J connectivity index is 1.86. The molecular formula is C15H18F3NOS. The minimum absolute atomic E-state index is 0.0288. The second-order valence-electron chi connectivity index (χ2n) is 5.05. The van der Waals surface area contributed by atoms with Crippen LogP contribution in [0.5, 0.6) is 0 Å². The molecule has 1 aromatic carbocycles. The van der Waals surface area contributed by atoms with E-state index >= 15 is 0 Å². The van der Waals surface area contributed by atoms with Crippen molar-refractivity contribution in [1.29, 1.82) is 0 Å². The van der Waals surface area contributed by atoms with Crippen LogP contribution in [0.25, 0.3) is 0 Å². The van der Waals surface area contributed by atoms with Crippen LogP contribution < -0.4 is 0 Å². The summed E-state index contributed by atoms with van der Waals surface area (Å²) in [4.78, 5) is 14.1. The Morgan fingerprint density at radius 2 is 1.95 bits per heavy atom. The number of rotatable bonds is 4. The number of piperidine rings is 1. The first-order valence-electron chi connectivity index (χ1n) is 7.02. The van der Waals surface area contributed by atoms with Crippen molar-refractivity contribution in [3.05, 3.63) is 30.3 Å². The molecule has 1 aliphatic heterocycles. The van der Waals surface area contributed by atoms with Crippen molar-refractivity contribution in [3.63, 3.8) is 0 Å². The summed E-state index contributed by atoms with van der Waals surface area (Å²) in [5.74, 6) is 0.115. The molecule has 21 heavy (non-hydrogen) atoms. The molecule has 2 nitrogen and oxygen atoms in total. The van der Waals surface area contributed by atoms with E-state index in [-0.39, 0.29) is 25.3 Å². The number of carbonyl (C=O) groups excluding carboxylic acids is 1. The monoisotopic (exact) mass is 317 g/mol. The summed E-state index contributed by atoms with van der Waals surface area (Å²) in [7, 11) is 0. The molecule has 2 rings (SSSR count). The van der Waals surface area contributed by atoms with Gasteiger partial charge in [0.05, 0.1) is 0 Å². The minimum atomic E-state index is -4.32. The lowest BCUT2D eigenvalue weighted by Gasteiger charge is -2.36. The van der Waals surface area contributed by atoms with Crippen molar-refractivity contribution < 1.29 is 18.0 Å². The molecule has 1 amide bonds. The van der Waals surface area contributed by atoms with Crippen LogP contribution in [0.1, 0.15) is 25.7 Å². The van der Waals surface area contributed by atoms with Crippen LogP contribution in [0.4, 0.5) is 13.2 Å². The third kappa shape index (κ3) is 4.66. The number of benzene rings is 1. The van der Waals surface area contributed by atoms with Gasteiger partial charge in [0.25, 0.3) is 0 Å². The van der Waals surface area contributed by atoms with Crippen molar-refractivity contribution in [2.75, 3.05) is 12.3 Å². The number of hydrogen-bond donors (Lipinski definition) is 0. The average Bonchev–Trinajstić information content (AvgIpc) is 2.47. The van der Waals surface area contributed by atoms with Gasteiger partial charge in [-0.1, -0.05) is 18.2 Å². The standard InChI is InChI=1S/C15H18F3NOS/c16-15(17,18)13-8-4-5-10-19(13)14(20)9-11-21-12-6-2-1-3-7-12/h1-3,6-7,13H,4-5,8-11H2. The van der Waals surface area contributed by atoms with Crippen LogP contribution in [0.3, 0.4) is 0 Å². The van der Waals surface area contributed by atoms with E-state index in [9.17, 15) is 18.0 Å². The second-order valence-corrected chi connectivity index (χ2v) is 6.22. The minimum Gasteiger partial charge on any atom is -0.331 e. The Morgan fingerprint density at radius 3 is 2.62 bits per heavy atom. The smallest absolute Gasteiger partial charge is 0.331 e. The van der Waals surface area contributed by atoms with Crippen molar-refractivity contribution in [2.24, 2.45) is 0 Å². The highest BCUT2D eigenvalue weighted by atomic mass is 32.2. The van der Waals surface area contributed by atoms with Crippen LogP contribution in [0.2, 0.25) is 0 Å². The van der Waals surface area contributed by atoms with Gasteiger partial charge in [-0.25, -0.2) is 0 Å². The highest BCUT2D eigenvalue weighted by Gasteiger charge is 2.45. The van der Waals surface area contributed by atoms with Gasteiger partial charge in [-0.05, 0) is 31.4 Å². The SMILES string of the molecule is O=C(CCSc1ccccc1)N1CCCCC1C(F)(F)F. The molecule has 1 unspecified atom stereocenters. The number of thioether (sulfide) groups is 1. The molecule has 0 N–H and O–H groups in total. The zero-order valence-corrected chi connectivity index (χ0v) is 12.4. The Morgan fingerprint density at radius 1 is 1.24 bits per heavy atom. The van der Waals surface area contributed by atoms with E-state index in [1.165, 1.54) is 11.8 Å². The number of hydrogen-bond acceptors (Lipinski definition) is 2. The molecule has 0 saturated carbocycles. The Hall–Kier alpha value is -1.17. The third-order valence-corrected chi connectivity index (χ3v) is 4.54. The number of amides is 1. The van der Waals surface area contributed by atoms with Crippen molar-refractivity contribution in [2.45, 2.75) is 42.8 Å². The molecule has 116 valence electrons. The van der Waals surface area contributed by atoms with Crippen LogP contribution >= 0.6 is 11.8 Å². The summed E-state index contributed by atoms with van der Waals surface area (Å²) >= 11 is 1.49. The first-order chi connectivity index (χ1) is 9.98. The molecule has 1 aliphatic rings. The summed E-state index contributed by atoms with van der Waals surface area (Å²) in [6.45, 7) is 0.221. The zero-order chi connectivity index (χ0) is 15.3. The first kappa shape index (κ1) is 16.2. The van der Waals surface area contributed by atoms with E-state index in [2.05, 4.69) is 0 Å². The highest BCUT2D eigenvalue weighted by molar-refractivity contribution is 7.99. The Bertz CT molecular complexity index is 464. The van der Waals surface area contributed by atoms with Gasteiger partial charge in [0.1, 0.15) is 6.04 Å². The summed E-state index contributed by atoms with van der Waals surface area (Å²) < 4.78 is 38.8. The number of nitrogens with zero attached hydrogens (tertiary/aromatic N) is 1. The van der Waals surface area contributed by atoms with E-state index < -0.39 is 12.2 Å². The van der Waals surface area contributed by atoms with Gasteiger partial charge < -0.3 is 4.90 Å². The fourth-order valence-electron chi connectivity index (χ4n) is 2.49. The van der Waals surface area contributed by atoms with Gasteiger partial charge in [0.2, 0.25) is 5.91 Å². The summed E-state index contributed by atoms with van der Waals surface area (Å²) in [5, 5.41) is 0. The lowest BCUT2D eigenvalue weighted by Crippen LogP contribution is -2.51. The van der Waals surface area contributed by atoms with E-state index in [1.807, 2.05) is 30.3 Å². The largest absolute Gasteiger partial charge is 0.408 e. The summed E-state index contributed by atoms with van der Waals surface area (Å²) in [6, 6.07) is 7.95. The molecule has 0 aliphatic carbocycles. The van der Waals surface area contributed by atoms with Crippen molar-refractivity contribution in [3.8, 4) is 0 Å². The third-order valence-electron chi connectivity index (χ3n) is 3.53. The van der Waals surface area contributed by atoms with Crippen LogP contribution in [-0.2, 0) is 4.79 Å². The van der Waals surface area contributed by atoms with Gasteiger partial charge in [-0.3, -0.25) is 4.79 Å². The number of carbonyl (C=O) groups is 1. The lowest BCUT2D eigenvalue weighted by molar-refractivity contribution is -0.195. The van der Waals surface area contributed by atoms with Gasteiger partial charge in [0, 0.05) is 23.6 Å². The number of alkyl halides is 3. The highest BCUT2D eigenvalue weighted by Crippen LogP contribution is 2.32. The van der Waals surface area contributed by atoms with E-state index in [4.69, 9.17) is 0 Å². The maximum Gasteiger partial charge on any atom is 0.408 e. The molecule has 1 saturated heterocycles. The predicted molar refractivity (Wildman–Crippen MR) is 77.2 cm³/mol. The molecular weight excluding hydrogens is 299 g/mol. The van der Waals surface area contributed by atoms with Gasteiger partial charge >= 0.3 is 6.18 Å². The fraction of sp³-hybridized carbons (Fsp3) is 0.533. The molecule has 6 heteroatoms. The molecule has 1 atom stereocenters. The molecule has 1 aromatic rings. The predicted octanol–water partition coefficient (Wildman–Crippen LogP) is 4.11. The van der Waals surface area contributed by atoms with Gasteiger partial charge in [-0.15, -0.1) is 11.8 Å². The summed E-state index contributed by atoms with van der Waals surface area (Å²) in [6.07, 6.45) is -2.95. The van der Waals surface area contributed by atoms with E-state index in [1.54, 1.807) is 0 Å². The van der Waals surface area contributed by atoms with Gasteiger partial charge in [0.15, 0.2) is 0 Å². The van der Waals surface area contributed by atoms with Gasteiger partial charge in [-0.2, -0.15) is 13.2 Å².